The summed E-state index contributed by atoms with van der Waals surface area (Å²) < 4.78 is 5.22. The van der Waals surface area contributed by atoms with Gasteiger partial charge in [0.25, 0.3) is 0 Å². The van der Waals surface area contributed by atoms with Gasteiger partial charge in [-0.1, -0.05) is 30.3 Å². The molecule has 0 aliphatic rings. The Labute approximate surface area is 113 Å². The molecule has 2 rings (SSSR count). The van der Waals surface area contributed by atoms with Gasteiger partial charge in [0, 0.05) is 26.2 Å². The van der Waals surface area contributed by atoms with E-state index in [2.05, 4.69) is 17.0 Å². The summed E-state index contributed by atoms with van der Waals surface area (Å²) in [4.78, 5) is 2.13. The number of aliphatic hydroxyl groups excluding tert-OH is 1. The Bertz CT molecular complexity index is 456. The first-order valence-electron chi connectivity index (χ1n) is 6.47. The highest BCUT2D eigenvalue weighted by Gasteiger charge is 2.15. The number of hydrogen-bond acceptors (Lipinski definition) is 4. The second-order valence-corrected chi connectivity index (χ2v) is 4.54. The number of rotatable bonds is 7. The molecule has 0 aliphatic carbocycles. The van der Waals surface area contributed by atoms with Crippen LogP contribution in [0.3, 0.4) is 0 Å². The first kappa shape index (κ1) is 13.8. The maximum absolute atomic E-state index is 10.1. The van der Waals surface area contributed by atoms with Crippen molar-refractivity contribution < 1.29 is 9.52 Å². The zero-order chi connectivity index (χ0) is 13.5. The monoisotopic (exact) mass is 260 g/mol. The summed E-state index contributed by atoms with van der Waals surface area (Å²) in [7, 11) is 0. The van der Waals surface area contributed by atoms with Crippen LogP contribution in [-0.2, 0) is 6.54 Å². The van der Waals surface area contributed by atoms with Crippen molar-refractivity contribution in [1.29, 1.82) is 0 Å². The van der Waals surface area contributed by atoms with Crippen LogP contribution in [0.25, 0.3) is 0 Å². The van der Waals surface area contributed by atoms with Gasteiger partial charge in [-0.25, -0.2) is 0 Å². The number of furan rings is 1. The minimum Gasteiger partial charge on any atom is -0.467 e. The van der Waals surface area contributed by atoms with E-state index >= 15 is 0 Å². The molecule has 4 heteroatoms. The van der Waals surface area contributed by atoms with Gasteiger partial charge in [0.2, 0.25) is 0 Å². The molecule has 1 aromatic carbocycles. The second-order valence-electron chi connectivity index (χ2n) is 4.54. The first-order chi connectivity index (χ1) is 9.29. The molecule has 0 radical (unpaired) electrons. The van der Waals surface area contributed by atoms with Gasteiger partial charge in [-0.3, -0.25) is 4.90 Å². The van der Waals surface area contributed by atoms with E-state index in [-0.39, 0.29) is 0 Å². The fraction of sp³-hybridized carbons (Fsp3) is 0.333. The van der Waals surface area contributed by atoms with Gasteiger partial charge >= 0.3 is 0 Å². The summed E-state index contributed by atoms with van der Waals surface area (Å²) in [5.74, 6) is 0.593. The minimum atomic E-state index is -0.620. The summed E-state index contributed by atoms with van der Waals surface area (Å²) in [6.45, 7) is 2.60. The van der Waals surface area contributed by atoms with Gasteiger partial charge in [-0.05, 0) is 17.7 Å². The summed E-state index contributed by atoms with van der Waals surface area (Å²) in [5, 5.41) is 10.1. The van der Waals surface area contributed by atoms with Crippen LogP contribution < -0.4 is 5.73 Å². The Balaban J connectivity index is 1.96. The Kier molecular flexibility index (Phi) is 5.15. The lowest BCUT2D eigenvalue weighted by Crippen LogP contribution is -2.32. The summed E-state index contributed by atoms with van der Waals surface area (Å²) >= 11 is 0. The van der Waals surface area contributed by atoms with Gasteiger partial charge < -0.3 is 15.3 Å². The van der Waals surface area contributed by atoms with E-state index in [1.807, 2.05) is 18.2 Å². The van der Waals surface area contributed by atoms with E-state index < -0.39 is 6.10 Å². The largest absolute Gasteiger partial charge is 0.467 e. The Hall–Kier alpha value is -1.62. The maximum atomic E-state index is 10.1. The van der Waals surface area contributed by atoms with Crippen molar-refractivity contribution in [2.45, 2.75) is 12.6 Å². The molecular formula is C15H20N2O2. The van der Waals surface area contributed by atoms with E-state index in [0.717, 1.165) is 13.1 Å². The third-order valence-electron chi connectivity index (χ3n) is 3.00. The molecule has 1 atom stereocenters. The average molecular weight is 260 g/mol. The molecule has 102 valence electrons. The van der Waals surface area contributed by atoms with E-state index in [9.17, 15) is 5.11 Å². The summed E-state index contributed by atoms with van der Waals surface area (Å²) in [6, 6.07) is 13.7. The van der Waals surface area contributed by atoms with Crippen LogP contribution in [-0.4, -0.2) is 29.6 Å². The third-order valence-corrected chi connectivity index (χ3v) is 3.00. The van der Waals surface area contributed by atoms with Crippen LogP contribution in [0.5, 0.6) is 0 Å². The molecule has 4 nitrogen and oxygen atoms in total. The fourth-order valence-corrected chi connectivity index (χ4v) is 2.07. The molecular weight excluding hydrogens is 240 g/mol. The molecule has 1 unspecified atom stereocenters. The van der Waals surface area contributed by atoms with Crippen molar-refractivity contribution in [3.63, 3.8) is 0 Å². The molecule has 1 heterocycles. The van der Waals surface area contributed by atoms with E-state index in [0.29, 0.717) is 18.8 Å². The van der Waals surface area contributed by atoms with Crippen LogP contribution >= 0.6 is 0 Å². The molecule has 0 saturated heterocycles. The first-order valence-corrected chi connectivity index (χ1v) is 6.47. The van der Waals surface area contributed by atoms with Gasteiger partial charge in [-0.2, -0.15) is 0 Å². The number of nitrogens with two attached hydrogens (primary N) is 1. The van der Waals surface area contributed by atoms with Crippen molar-refractivity contribution in [2.75, 3.05) is 19.6 Å². The standard InChI is InChI=1S/C15H20N2O2/c16-8-9-17(11-13-5-2-1-3-6-13)12-14(18)15-7-4-10-19-15/h1-7,10,14,18H,8-9,11-12,16H2. The van der Waals surface area contributed by atoms with Crippen LogP contribution in [0.1, 0.15) is 17.4 Å². The van der Waals surface area contributed by atoms with E-state index in [1.54, 1.807) is 18.4 Å². The topological polar surface area (TPSA) is 62.6 Å². The number of nitrogens with zero attached hydrogens (tertiary/aromatic N) is 1. The SMILES string of the molecule is NCCN(Cc1ccccc1)CC(O)c1ccco1. The zero-order valence-electron chi connectivity index (χ0n) is 10.9. The fourth-order valence-electron chi connectivity index (χ4n) is 2.07. The van der Waals surface area contributed by atoms with Gasteiger partial charge in [0.15, 0.2) is 0 Å². The second kappa shape index (κ2) is 7.09. The summed E-state index contributed by atoms with van der Waals surface area (Å²) in [5.41, 5.74) is 6.84. The summed E-state index contributed by atoms with van der Waals surface area (Å²) in [6.07, 6.45) is 0.952. The van der Waals surface area contributed by atoms with Crippen molar-refractivity contribution in [2.24, 2.45) is 5.73 Å². The minimum absolute atomic E-state index is 0.513. The van der Waals surface area contributed by atoms with Crippen LogP contribution in [0.4, 0.5) is 0 Å². The number of hydrogen-bond donors (Lipinski definition) is 2. The van der Waals surface area contributed by atoms with Crippen LogP contribution in [0.2, 0.25) is 0 Å². The van der Waals surface area contributed by atoms with Crippen molar-refractivity contribution in [3.05, 3.63) is 60.1 Å². The van der Waals surface area contributed by atoms with Crippen molar-refractivity contribution in [1.82, 2.24) is 4.90 Å². The highest BCUT2D eigenvalue weighted by Crippen LogP contribution is 2.15. The van der Waals surface area contributed by atoms with E-state index in [4.69, 9.17) is 10.2 Å². The highest BCUT2D eigenvalue weighted by atomic mass is 16.4. The Morgan fingerprint density at radius 2 is 1.95 bits per heavy atom. The molecule has 19 heavy (non-hydrogen) atoms. The Morgan fingerprint density at radius 1 is 1.16 bits per heavy atom. The molecule has 1 aromatic heterocycles. The van der Waals surface area contributed by atoms with Gasteiger partial charge in [0.1, 0.15) is 11.9 Å². The lowest BCUT2D eigenvalue weighted by Gasteiger charge is -2.23. The molecule has 0 spiro atoms. The lowest BCUT2D eigenvalue weighted by atomic mass is 10.2. The molecule has 0 fully saturated rings. The van der Waals surface area contributed by atoms with Crippen LogP contribution in [0, 0.1) is 0 Å². The molecule has 0 bridgehead atoms. The van der Waals surface area contributed by atoms with Crippen molar-refractivity contribution in [3.8, 4) is 0 Å². The predicted octanol–water partition coefficient (Wildman–Crippen LogP) is 1.77. The smallest absolute Gasteiger partial charge is 0.133 e. The molecule has 2 aromatic rings. The lowest BCUT2D eigenvalue weighted by molar-refractivity contribution is 0.0924. The molecule has 0 saturated carbocycles. The Morgan fingerprint density at radius 3 is 2.58 bits per heavy atom. The number of aliphatic hydroxyl groups is 1. The zero-order valence-corrected chi connectivity index (χ0v) is 10.9. The van der Waals surface area contributed by atoms with Crippen molar-refractivity contribution >= 4 is 0 Å². The quantitative estimate of drug-likeness (QED) is 0.796. The average Bonchev–Trinajstić information content (AvgIpc) is 2.94. The normalized spacial score (nSPS) is 12.8. The van der Waals surface area contributed by atoms with E-state index in [1.165, 1.54) is 5.56 Å². The van der Waals surface area contributed by atoms with Gasteiger partial charge in [-0.15, -0.1) is 0 Å². The highest BCUT2D eigenvalue weighted by molar-refractivity contribution is 5.14. The number of benzene rings is 1. The predicted molar refractivity (Wildman–Crippen MR) is 74.4 cm³/mol. The van der Waals surface area contributed by atoms with Gasteiger partial charge in [0.05, 0.1) is 6.26 Å². The maximum Gasteiger partial charge on any atom is 0.133 e. The van der Waals surface area contributed by atoms with Crippen LogP contribution in [0.15, 0.2) is 53.1 Å². The molecule has 3 N–H and O–H groups in total. The molecule has 0 amide bonds. The third kappa shape index (κ3) is 4.21. The molecule has 0 aliphatic heterocycles.